The van der Waals surface area contributed by atoms with Crippen LogP contribution in [0.5, 0.6) is 0 Å². The van der Waals surface area contributed by atoms with Gasteiger partial charge in [0, 0.05) is 31.6 Å². The summed E-state index contributed by atoms with van der Waals surface area (Å²) in [6.07, 6.45) is 2.58. The third-order valence-corrected chi connectivity index (χ3v) is 3.20. The molecule has 2 atom stereocenters. The van der Waals surface area contributed by atoms with E-state index in [1.54, 1.807) is 6.26 Å². The molecule has 2 heterocycles. The molecule has 1 fully saturated rings. The monoisotopic (exact) mass is 252 g/mol. The molecule has 1 aromatic heterocycles. The molecule has 0 aliphatic carbocycles. The van der Waals surface area contributed by atoms with Crippen LogP contribution >= 0.6 is 0 Å². The third kappa shape index (κ3) is 3.85. The zero-order valence-electron chi connectivity index (χ0n) is 10.6. The van der Waals surface area contributed by atoms with Crippen LogP contribution in [-0.2, 0) is 11.3 Å². The Hall–Kier alpha value is -1.33. The fourth-order valence-corrected chi connectivity index (χ4v) is 2.51. The van der Waals surface area contributed by atoms with Crippen LogP contribution in [0.4, 0.5) is 0 Å². The first-order valence-electron chi connectivity index (χ1n) is 6.36. The molecule has 0 bridgehead atoms. The maximum Gasteiger partial charge on any atom is 0.303 e. The standard InChI is InChI=1S/C13H20N2O3/c1-10-7-15(9-12-3-2-6-18-12)8-11(14-10)4-5-13(16)17/h2-3,6,10-11,14H,4-5,7-9H2,1H3,(H,16,17). The number of nitrogens with zero attached hydrogens (tertiary/aromatic N) is 1. The molecular weight excluding hydrogens is 232 g/mol. The molecule has 5 nitrogen and oxygen atoms in total. The lowest BCUT2D eigenvalue weighted by Crippen LogP contribution is -2.55. The van der Waals surface area contributed by atoms with E-state index in [1.807, 2.05) is 12.1 Å². The number of hydrogen-bond acceptors (Lipinski definition) is 4. The van der Waals surface area contributed by atoms with Gasteiger partial charge in [-0.2, -0.15) is 0 Å². The Morgan fingerprint density at radius 2 is 2.44 bits per heavy atom. The molecule has 1 saturated heterocycles. The van der Waals surface area contributed by atoms with Crippen molar-refractivity contribution in [1.82, 2.24) is 10.2 Å². The number of furan rings is 1. The molecule has 100 valence electrons. The van der Waals surface area contributed by atoms with Crippen LogP contribution < -0.4 is 5.32 Å². The van der Waals surface area contributed by atoms with Gasteiger partial charge in [0.15, 0.2) is 0 Å². The van der Waals surface area contributed by atoms with Crippen LogP contribution in [0.15, 0.2) is 22.8 Å². The summed E-state index contributed by atoms with van der Waals surface area (Å²) in [5.74, 6) is 0.230. The second-order valence-electron chi connectivity index (χ2n) is 4.97. The highest BCUT2D eigenvalue weighted by Crippen LogP contribution is 2.13. The second-order valence-corrected chi connectivity index (χ2v) is 4.97. The van der Waals surface area contributed by atoms with Gasteiger partial charge in [0.25, 0.3) is 0 Å². The second kappa shape index (κ2) is 6.02. The third-order valence-electron chi connectivity index (χ3n) is 3.20. The van der Waals surface area contributed by atoms with Crippen molar-refractivity contribution in [3.05, 3.63) is 24.2 Å². The molecule has 0 spiro atoms. The number of carboxylic acid groups (broad SMARTS) is 1. The van der Waals surface area contributed by atoms with Gasteiger partial charge >= 0.3 is 5.97 Å². The summed E-state index contributed by atoms with van der Waals surface area (Å²) >= 11 is 0. The van der Waals surface area contributed by atoms with E-state index in [-0.39, 0.29) is 12.5 Å². The summed E-state index contributed by atoms with van der Waals surface area (Å²) in [5.41, 5.74) is 0. The predicted molar refractivity (Wildman–Crippen MR) is 67.2 cm³/mol. The van der Waals surface area contributed by atoms with Gasteiger partial charge in [-0.1, -0.05) is 0 Å². The Morgan fingerprint density at radius 3 is 3.11 bits per heavy atom. The minimum atomic E-state index is -0.729. The zero-order chi connectivity index (χ0) is 13.0. The fraction of sp³-hybridized carbons (Fsp3) is 0.615. The summed E-state index contributed by atoms with van der Waals surface area (Å²) in [6, 6.07) is 4.49. The molecule has 0 amide bonds. The Balaban J connectivity index is 1.85. The van der Waals surface area contributed by atoms with Crippen molar-refractivity contribution in [3.8, 4) is 0 Å². The lowest BCUT2D eigenvalue weighted by molar-refractivity contribution is -0.137. The Labute approximate surface area is 107 Å². The van der Waals surface area contributed by atoms with E-state index in [0.717, 1.165) is 25.4 Å². The molecule has 0 radical (unpaired) electrons. The molecule has 2 unspecified atom stereocenters. The largest absolute Gasteiger partial charge is 0.481 e. The highest BCUT2D eigenvalue weighted by molar-refractivity contribution is 5.66. The Morgan fingerprint density at radius 1 is 1.61 bits per heavy atom. The van der Waals surface area contributed by atoms with Gasteiger partial charge < -0.3 is 14.8 Å². The molecule has 1 aliphatic heterocycles. The highest BCUT2D eigenvalue weighted by Gasteiger charge is 2.24. The van der Waals surface area contributed by atoms with E-state index in [2.05, 4.69) is 17.1 Å². The van der Waals surface area contributed by atoms with Crippen LogP contribution in [0, 0.1) is 0 Å². The lowest BCUT2D eigenvalue weighted by Gasteiger charge is -2.37. The van der Waals surface area contributed by atoms with E-state index in [4.69, 9.17) is 9.52 Å². The van der Waals surface area contributed by atoms with E-state index < -0.39 is 5.97 Å². The van der Waals surface area contributed by atoms with E-state index in [0.29, 0.717) is 12.5 Å². The van der Waals surface area contributed by atoms with Crippen LogP contribution in [-0.4, -0.2) is 41.1 Å². The van der Waals surface area contributed by atoms with Crippen LogP contribution in [0.1, 0.15) is 25.5 Å². The number of hydrogen-bond donors (Lipinski definition) is 2. The van der Waals surface area contributed by atoms with Crippen LogP contribution in [0.3, 0.4) is 0 Å². The first kappa shape index (κ1) is 13.1. The average Bonchev–Trinajstić information content (AvgIpc) is 2.78. The average molecular weight is 252 g/mol. The van der Waals surface area contributed by atoms with Gasteiger partial charge in [-0.15, -0.1) is 0 Å². The SMILES string of the molecule is CC1CN(Cc2ccco2)CC(CCC(=O)O)N1. The summed E-state index contributed by atoms with van der Waals surface area (Å²) in [5, 5.41) is 12.2. The smallest absolute Gasteiger partial charge is 0.303 e. The van der Waals surface area contributed by atoms with E-state index in [1.165, 1.54) is 0 Å². The van der Waals surface area contributed by atoms with Gasteiger partial charge in [-0.3, -0.25) is 9.69 Å². The van der Waals surface area contributed by atoms with Crippen molar-refractivity contribution in [2.45, 2.75) is 38.4 Å². The van der Waals surface area contributed by atoms with Crippen molar-refractivity contribution >= 4 is 5.97 Å². The van der Waals surface area contributed by atoms with Gasteiger partial charge in [0.05, 0.1) is 12.8 Å². The molecular formula is C13H20N2O3. The fourth-order valence-electron chi connectivity index (χ4n) is 2.51. The number of carboxylic acids is 1. The maximum atomic E-state index is 10.6. The molecule has 1 aromatic rings. The Kier molecular flexibility index (Phi) is 4.38. The van der Waals surface area contributed by atoms with Gasteiger partial charge in [0.1, 0.15) is 5.76 Å². The summed E-state index contributed by atoms with van der Waals surface area (Å²) in [7, 11) is 0. The maximum absolute atomic E-state index is 10.6. The van der Waals surface area contributed by atoms with Crippen molar-refractivity contribution in [1.29, 1.82) is 0 Å². The van der Waals surface area contributed by atoms with Crippen molar-refractivity contribution in [2.75, 3.05) is 13.1 Å². The number of nitrogens with one attached hydrogen (secondary N) is 1. The first-order chi connectivity index (χ1) is 8.63. The van der Waals surface area contributed by atoms with Crippen molar-refractivity contribution < 1.29 is 14.3 Å². The van der Waals surface area contributed by atoms with E-state index >= 15 is 0 Å². The number of rotatable bonds is 5. The highest BCUT2D eigenvalue weighted by atomic mass is 16.4. The van der Waals surface area contributed by atoms with Gasteiger partial charge in [-0.05, 0) is 25.5 Å². The molecule has 0 aromatic carbocycles. The molecule has 2 N–H and O–H groups in total. The lowest BCUT2D eigenvalue weighted by atomic mass is 10.1. The number of piperazine rings is 1. The molecule has 2 rings (SSSR count). The van der Waals surface area contributed by atoms with Crippen molar-refractivity contribution in [2.24, 2.45) is 0 Å². The number of aliphatic carboxylic acids is 1. The molecule has 5 heteroatoms. The minimum absolute atomic E-state index is 0.221. The number of carbonyl (C=O) groups is 1. The molecule has 18 heavy (non-hydrogen) atoms. The normalized spacial score (nSPS) is 25.2. The molecule has 1 aliphatic rings. The quantitative estimate of drug-likeness (QED) is 0.827. The summed E-state index contributed by atoms with van der Waals surface area (Å²) in [6.45, 7) is 4.76. The van der Waals surface area contributed by atoms with E-state index in [9.17, 15) is 4.79 Å². The van der Waals surface area contributed by atoms with Gasteiger partial charge in [0.2, 0.25) is 0 Å². The topological polar surface area (TPSA) is 65.7 Å². The Bertz CT molecular complexity index is 378. The summed E-state index contributed by atoms with van der Waals surface area (Å²) < 4.78 is 5.35. The van der Waals surface area contributed by atoms with Crippen molar-refractivity contribution in [3.63, 3.8) is 0 Å². The van der Waals surface area contributed by atoms with Crippen LogP contribution in [0.25, 0.3) is 0 Å². The minimum Gasteiger partial charge on any atom is -0.481 e. The molecule has 0 saturated carbocycles. The summed E-state index contributed by atoms with van der Waals surface area (Å²) in [4.78, 5) is 12.9. The van der Waals surface area contributed by atoms with Crippen LogP contribution in [0.2, 0.25) is 0 Å². The first-order valence-corrected chi connectivity index (χ1v) is 6.36. The predicted octanol–water partition coefficient (Wildman–Crippen LogP) is 1.31. The zero-order valence-corrected chi connectivity index (χ0v) is 10.6. The van der Waals surface area contributed by atoms with Gasteiger partial charge in [-0.25, -0.2) is 0 Å².